The van der Waals surface area contributed by atoms with Crippen LogP contribution in [0.3, 0.4) is 0 Å². The van der Waals surface area contributed by atoms with E-state index in [1.165, 1.54) is 0 Å². The van der Waals surface area contributed by atoms with E-state index in [1.807, 2.05) is 30.3 Å². The van der Waals surface area contributed by atoms with Gasteiger partial charge in [0.25, 0.3) is 0 Å². The third-order valence-corrected chi connectivity index (χ3v) is 1.21. The molecule has 0 saturated carbocycles. The quantitative estimate of drug-likeness (QED) is 0.475. The molecule has 0 bridgehead atoms. The van der Waals surface area contributed by atoms with Crippen molar-refractivity contribution < 1.29 is 21.7 Å². The number of hydrogen-bond donors (Lipinski definition) is 0. The maximum Gasteiger partial charge on any atom is 4.00 e. The molecule has 0 fully saturated rings. The molecule has 1 aliphatic carbocycles. The smallest absolute Gasteiger partial charge is 0.358 e. The first-order valence-corrected chi connectivity index (χ1v) is 3.48. The second-order valence-corrected chi connectivity index (χ2v) is 2.05. The van der Waals surface area contributed by atoms with Gasteiger partial charge in [-0.1, -0.05) is 24.3 Å². The van der Waals surface area contributed by atoms with E-state index < -0.39 is 0 Å². The molecule has 0 spiro atoms. The van der Waals surface area contributed by atoms with Gasteiger partial charge in [0.1, 0.15) is 0 Å². The molecule has 0 radical (unpaired) electrons. The van der Waals surface area contributed by atoms with E-state index in [4.69, 9.17) is 0 Å². The van der Waals surface area contributed by atoms with Crippen molar-refractivity contribution >= 4 is 17.0 Å². The predicted molar refractivity (Wildman–Crippen MR) is 74.5 cm³/mol. The SMILES string of the molecule is Br.C1=CCC=C1.[CH3-].[CH3-].[CH3-].[Ti+4].c1cc[cH-]c1. The average Bonchev–Trinajstić information content (AvgIpc) is 2.67. The third-order valence-electron chi connectivity index (χ3n) is 1.21. The van der Waals surface area contributed by atoms with Gasteiger partial charge < -0.3 is 22.3 Å². The summed E-state index contributed by atoms with van der Waals surface area (Å²) in [6.45, 7) is 0. The first-order chi connectivity index (χ1) is 5.00. The van der Waals surface area contributed by atoms with Gasteiger partial charge in [0, 0.05) is 0 Å². The van der Waals surface area contributed by atoms with Crippen LogP contribution in [-0.4, -0.2) is 0 Å². The van der Waals surface area contributed by atoms with E-state index in [9.17, 15) is 0 Å². The first kappa shape index (κ1) is 29.4. The average molecular weight is 305 g/mol. The van der Waals surface area contributed by atoms with Crippen LogP contribution >= 0.6 is 17.0 Å². The molecule has 1 aromatic carbocycles. The van der Waals surface area contributed by atoms with Crippen molar-refractivity contribution in [2.24, 2.45) is 0 Å². The molecule has 0 saturated heterocycles. The fourth-order valence-corrected chi connectivity index (χ4v) is 0.714. The summed E-state index contributed by atoms with van der Waals surface area (Å²) in [5.41, 5.74) is 0. The number of halogens is 1. The van der Waals surface area contributed by atoms with Crippen LogP contribution in [-0.2, 0) is 21.7 Å². The Morgan fingerprint density at radius 2 is 1.20 bits per heavy atom. The fourth-order valence-electron chi connectivity index (χ4n) is 0.714. The molecular weight excluding hydrogens is 284 g/mol. The van der Waals surface area contributed by atoms with E-state index in [0.29, 0.717) is 0 Å². The Kier molecular flexibility index (Phi) is 46.4. The maximum atomic E-state index is 2.12. The molecule has 0 atom stereocenters. The molecule has 0 heterocycles. The Hall–Kier alpha value is 0.0243. The Bertz CT molecular complexity index is 173. The van der Waals surface area contributed by atoms with Crippen molar-refractivity contribution in [1.82, 2.24) is 0 Å². The minimum Gasteiger partial charge on any atom is -0.358 e. The standard InChI is InChI=1S/C5H6.C5H5.3CH3.BrH.Ti/c2*1-2-4-5-3-1;;;;;/h1-4H,5H2;1-5H;3*1H3;1H;/q;4*-1;;+4. The summed E-state index contributed by atoms with van der Waals surface area (Å²) < 4.78 is 0. The van der Waals surface area contributed by atoms with Gasteiger partial charge in [-0.3, -0.25) is 0 Å². The van der Waals surface area contributed by atoms with Crippen LogP contribution in [0.2, 0.25) is 0 Å². The van der Waals surface area contributed by atoms with Crippen molar-refractivity contribution in [1.29, 1.82) is 0 Å². The van der Waals surface area contributed by atoms with Gasteiger partial charge in [0.05, 0.1) is 0 Å². The van der Waals surface area contributed by atoms with Gasteiger partial charge in [0.2, 0.25) is 0 Å². The Labute approximate surface area is 121 Å². The molecular formula is C13H21BrTi. The molecule has 0 nitrogen and oxygen atoms in total. The zero-order valence-electron chi connectivity index (χ0n) is 9.81. The topological polar surface area (TPSA) is 0 Å². The molecule has 0 unspecified atom stereocenters. The molecule has 2 heteroatoms. The zero-order valence-corrected chi connectivity index (χ0v) is 13.1. The number of hydrogen-bond acceptors (Lipinski definition) is 0. The van der Waals surface area contributed by atoms with E-state index in [1.54, 1.807) is 0 Å². The maximum absolute atomic E-state index is 2.12. The van der Waals surface area contributed by atoms with Crippen LogP contribution in [0.5, 0.6) is 0 Å². The molecule has 15 heavy (non-hydrogen) atoms. The largest absolute Gasteiger partial charge is 4.00 e. The second kappa shape index (κ2) is 23.7. The Morgan fingerprint density at radius 3 is 1.33 bits per heavy atom. The molecule has 2 rings (SSSR count). The first-order valence-electron chi connectivity index (χ1n) is 3.48. The molecule has 1 aromatic rings. The van der Waals surface area contributed by atoms with Gasteiger partial charge in [-0.05, 0) is 6.42 Å². The molecule has 0 aliphatic heterocycles. The van der Waals surface area contributed by atoms with Crippen LogP contribution in [0.25, 0.3) is 0 Å². The molecule has 0 N–H and O–H groups in total. The number of rotatable bonds is 0. The summed E-state index contributed by atoms with van der Waals surface area (Å²) in [5.74, 6) is 0. The van der Waals surface area contributed by atoms with Crippen molar-refractivity contribution in [2.75, 3.05) is 0 Å². The van der Waals surface area contributed by atoms with Gasteiger partial charge in [-0.2, -0.15) is 18.2 Å². The van der Waals surface area contributed by atoms with Crippen molar-refractivity contribution in [2.45, 2.75) is 6.42 Å². The summed E-state index contributed by atoms with van der Waals surface area (Å²) in [6, 6.07) is 10.0. The number of allylic oxidation sites excluding steroid dienone is 4. The van der Waals surface area contributed by atoms with Crippen LogP contribution < -0.4 is 0 Å². The van der Waals surface area contributed by atoms with Crippen molar-refractivity contribution in [3.8, 4) is 0 Å². The Morgan fingerprint density at radius 1 is 0.800 bits per heavy atom. The minimum absolute atomic E-state index is 0. The zero-order chi connectivity index (χ0) is 7.07. The van der Waals surface area contributed by atoms with Gasteiger partial charge in [-0.25, -0.2) is 12.1 Å². The summed E-state index contributed by atoms with van der Waals surface area (Å²) >= 11 is 0. The second-order valence-electron chi connectivity index (χ2n) is 2.05. The molecule has 84 valence electrons. The van der Waals surface area contributed by atoms with Crippen molar-refractivity contribution in [3.63, 3.8) is 0 Å². The van der Waals surface area contributed by atoms with E-state index >= 15 is 0 Å². The summed E-state index contributed by atoms with van der Waals surface area (Å²) in [4.78, 5) is 0. The van der Waals surface area contributed by atoms with E-state index in [0.717, 1.165) is 6.42 Å². The van der Waals surface area contributed by atoms with Gasteiger partial charge >= 0.3 is 21.7 Å². The fraction of sp³-hybridized carbons (Fsp3) is 0.0769. The normalized spacial score (nSPS) is 8.53. The van der Waals surface area contributed by atoms with Crippen LogP contribution in [0, 0.1) is 22.3 Å². The van der Waals surface area contributed by atoms with Gasteiger partial charge in [0.15, 0.2) is 0 Å². The van der Waals surface area contributed by atoms with E-state index in [-0.39, 0.29) is 61.0 Å². The van der Waals surface area contributed by atoms with Gasteiger partial charge in [-0.15, -0.1) is 17.0 Å². The third kappa shape index (κ3) is 20.2. The van der Waals surface area contributed by atoms with Crippen LogP contribution in [0.4, 0.5) is 0 Å². The molecule has 1 aliphatic rings. The van der Waals surface area contributed by atoms with Crippen LogP contribution in [0.15, 0.2) is 54.6 Å². The summed E-state index contributed by atoms with van der Waals surface area (Å²) in [6.07, 6.45) is 9.50. The van der Waals surface area contributed by atoms with Crippen LogP contribution in [0.1, 0.15) is 6.42 Å². The Balaban J connectivity index is -0.0000000333. The molecule has 0 amide bonds. The van der Waals surface area contributed by atoms with E-state index in [2.05, 4.69) is 24.3 Å². The predicted octanol–water partition coefficient (Wildman–Crippen LogP) is 4.83. The molecule has 0 aromatic heterocycles. The summed E-state index contributed by atoms with van der Waals surface area (Å²) in [5, 5.41) is 0. The minimum atomic E-state index is 0. The monoisotopic (exact) mass is 304 g/mol. The van der Waals surface area contributed by atoms with Crippen molar-refractivity contribution in [3.05, 3.63) is 76.9 Å². The summed E-state index contributed by atoms with van der Waals surface area (Å²) in [7, 11) is 0.